The minimum atomic E-state index is -3.70. The Labute approximate surface area is 131 Å². The zero-order valence-electron chi connectivity index (χ0n) is 10.9. The summed E-state index contributed by atoms with van der Waals surface area (Å²) in [7, 11) is -3.70. The first-order valence-electron chi connectivity index (χ1n) is 6.25. The van der Waals surface area contributed by atoms with Crippen LogP contribution in [0.25, 0.3) is 0 Å². The predicted molar refractivity (Wildman–Crippen MR) is 81.7 cm³/mol. The van der Waals surface area contributed by atoms with Gasteiger partial charge in [-0.2, -0.15) is 12.7 Å². The molecule has 1 saturated heterocycles. The summed E-state index contributed by atoms with van der Waals surface area (Å²) in [5, 5.41) is 0.0186. The first-order chi connectivity index (χ1) is 9.31. The number of piperidine rings is 1. The maximum atomic E-state index is 13.2. The first-order valence-corrected chi connectivity index (χ1v) is 8.86. The molecule has 0 saturated carbocycles. The zero-order chi connectivity index (χ0) is 14.9. The topological polar surface area (TPSA) is 49.4 Å². The monoisotopic (exact) mass is 384 g/mol. The van der Waals surface area contributed by atoms with Crippen molar-refractivity contribution in [1.29, 1.82) is 0 Å². The molecule has 1 fully saturated rings. The van der Waals surface area contributed by atoms with Gasteiger partial charge in [-0.15, -0.1) is 0 Å². The molecule has 0 aromatic heterocycles. The second-order valence-corrected chi connectivity index (χ2v) is 7.69. The molecule has 1 aromatic rings. The second kappa shape index (κ2) is 6.17. The van der Waals surface area contributed by atoms with Gasteiger partial charge in [-0.05, 0) is 47.8 Å². The summed E-state index contributed by atoms with van der Waals surface area (Å²) in [5.74, 6) is -0.531. The molecule has 1 heterocycles. The summed E-state index contributed by atoms with van der Waals surface area (Å²) < 4.78 is 42.1. The predicted octanol–water partition coefficient (Wildman–Crippen LogP) is 3.77. The third kappa shape index (κ3) is 3.44. The van der Waals surface area contributed by atoms with Gasteiger partial charge in [-0.25, -0.2) is 4.39 Å². The lowest BCUT2D eigenvalue weighted by Gasteiger charge is -2.32. The Kier molecular flexibility index (Phi) is 4.94. The van der Waals surface area contributed by atoms with Crippen molar-refractivity contribution < 1.29 is 12.8 Å². The van der Waals surface area contributed by atoms with Crippen LogP contribution in [-0.2, 0) is 10.2 Å². The number of nitrogens with one attached hydrogen (secondary N) is 1. The Balaban J connectivity index is 2.29. The number of nitrogens with zero attached hydrogens (tertiary/aromatic N) is 1. The minimum Gasteiger partial charge on any atom is -0.268 e. The molecule has 112 valence electrons. The molecule has 0 radical (unpaired) electrons. The number of anilines is 1. The van der Waals surface area contributed by atoms with Crippen LogP contribution >= 0.6 is 27.5 Å². The Bertz CT molecular complexity index is 588. The maximum absolute atomic E-state index is 13.2. The fourth-order valence-electron chi connectivity index (χ4n) is 2.26. The third-order valence-corrected chi connectivity index (χ3v) is 5.83. The lowest BCUT2D eigenvalue weighted by molar-refractivity contribution is 0.270. The highest BCUT2D eigenvalue weighted by Gasteiger charge is 2.30. The van der Waals surface area contributed by atoms with Crippen molar-refractivity contribution in [2.24, 2.45) is 0 Å². The van der Waals surface area contributed by atoms with E-state index in [2.05, 4.69) is 20.7 Å². The van der Waals surface area contributed by atoms with E-state index in [-0.39, 0.29) is 21.2 Å². The van der Waals surface area contributed by atoms with Gasteiger partial charge < -0.3 is 0 Å². The van der Waals surface area contributed by atoms with E-state index in [0.717, 1.165) is 25.3 Å². The van der Waals surface area contributed by atoms with Crippen molar-refractivity contribution in [2.45, 2.75) is 32.2 Å². The molecule has 1 N–H and O–H groups in total. The van der Waals surface area contributed by atoms with Gasteiger partial charge in [0.15, 0.2) is 0 Å². The summed E-state index contributed by atoms with van der Waals surface area (Å²) in [5.41, 5.74) is 0.158. The molecule has 1 unspecified atom stereocenters. The van der Waals surface area contributed by atoms with Crippen LogP contribution in [0.1, 0.15) is 26.2 Å². The quantitative estimate of drug-likeness (QED) is 0.861. The van der Waals surface area contributed by atoms with E-state index in [1.807, 2.05) is 6.92 Å². The molecule has 1 aliphatic heterocycles. The highest BCUT2D eigenvalue weighted by atomic mass is 79.9. The summed E-state index contributed by atoms with van der Waals surface area (Å²) >= 11 is 9.02. The summed E-state index contributed by atoms with van der Waals surface area (Å²) in [4.78, 5) is 0. The van der Waals surface area contributed by atoms with Crippen molar-refractivity contribution in [1.82, 2.24) is 4.31 Å². The van der Waals surface area contributed by atoms with Crippen molar-refractivity contribution in [3.05, 3.63) is 27.4 Å². The summed E-state index contributed by atoms with van der Waals surface area (Å²) in [6.45, 7) is 2.35. The largest absolute Gasteiger partial charge is 0.301 e. The molecule has 8 heteroatoms. The van der Waals surface area contributed by atoms with Crippen LogP contribution < -0.4 is 4.72 Å². The van der Waals surface area contributed by atoms with Gasteiger partial charge in [0, 0.05) is 17.1 Å². The molecule has 0 amide bonds. The Morgan fingerprint density at radius 2 is 2.15 bits per heavy atom. The number of halogens is 3. The third-order valence-electron chi connectivity index (χ3n) is 3.29. The molecule has 1 atom stereocenters. The fourth-order valence-corrected chi connectivity index (χ4v) is 4.89. The van der Waals surface area contributed by atoms with Crippen LogP contribution in [-0.4, -0.2) is 25.3 Å². The van der Waals surface area contributed by atoms with Crippen LogP contribution in [0.15, 0.2) is 16.6 Å². The normalized spacial score (nSPS) is 20.9. The van der Waals surface area contributed by atoms with Crippen molar-refractivity contribution in [2.75, 3.05) is 11.3 Å². The summed E-state index contributed by atoms with van der Waals surface area (Å²) in [6, 6.07) is 2.19. The number of rotatable bonds is 3. The fraction of sp³-hybridized carbons (Fsp3) is 0.500. The van der Waals surface area contributed by atoms with Gasteiger partial charge in [0.05, 0.1) is 10.7 Å². The average molecular weight is 386 g/mol. The molecule has 2 rings (SSSR count). The lowest BCUT2D eigenvalue weighted by atomic mass is 10.1. The molecular weight excluding hydrogens is 371 g/mol. The van der Waals surface area contributed by atoms with Gasteiger partial charge in [0.1, 0.15) is 5.82 Å². The van der Waals surface area contributed by atoms with E-state index in [9.17, 15) is 12.8 Å². The van der Waals surface area contributed by atoms with E-state index in [4.69, 9.17) is 11.6 Å². The average Bonchev–Trinajstić information content (AvgIpc) is 2.34. The molecular formula is C12H15BrClFN2O2S. The van der Waals surface area contributed by atoms with Crippen LogP contribution in [0.5, 0.6) is 0 Å². The van der Waals surface area contributed by atoms with Gasteiger partial charge in [-0.1, -0.05) is 18.0 Å². The molecule has 0 bridgehead atoms. The Morgan fingerprint density at radius 3 is 2.75 bits per heavy atom. The van der Waals surface area contributed by atoms with Gasteiger partial charge >= 0.3 is 10.2 Å². The standard InChI is InChI=1S/C12H15BrClFN2O2S/c1-8-4-2-3-5-17(8)20(18,19)16-12-10(13)6-9(15)7-11(12)14/h6-8,16H,2-5H2,1H3. The highest BCUT2D eigenvalue weighted by Crippen LogP contribution is 2.33. The summed E-state index contributed by atoms with van der Waals surface area (Å²) in [6.07, 6.45) is 2.69. The molecule has 0 spiro atoms. The molecule has 1 aromatic carbocycles. The highest BCUT2D eigenvalue weighted by molar-refractivity contribution is 9.10. The molecule has 0 aliphatic carbocycles. The van der Waals surface area contributed by atoms with Crippen LogP contribution in [0.3, 0.4) is 0 Å². The van der Waals surface area contributed by atoms with Gasteiger partial charge in [0.2, 0.25) is 0 Å². The zero-order valence-corrected chi connectivity index (χ0v) is 14.0. The smallest absolute Gasteiger partial charge is 0.268 e. The molecule has 1 aliphatic rings. The van der Waals surface area contributed by atoms with Crippen molar-refractivity contribution >= 4 is 43.4 Å². The van der Waals surface area contributed by atoms with Gasteiger partial charge in [0.25, 0.3) is 0 Å². The van der Waals surface area contributed by atoms with Crippen molar-refractivity contribution in [3.8, 4) is 0 Å². The van der Waals surface area contributed by atoms with E-state index >= 15 is 0 Å². The van der Waals surface area contributed by atoms with Crippen LogP contribution in [0, 0.1) is 5.82 Å². The van der Waals surface area contributed by atoms with Crippen molar-refractivity contribution in [3.63, 3.8) is 0 Å². The van der Waals surface area contributed by atoms with E-state index in [1.165, 1.54) is 10.4 Å². The SMILES string of the molecule is CC1CCCCN1S(=O)(=O)Nc1c(Cl)cc(F)cc1Br. The van der Waals surface area contributed by atoms with E-state index < -0.39 is 16.0 Å². The number of hydrogen-bond donors (Lipinski definition) is 1. The Morgan fingerprint density at radius 1 is 1.45 bits per heavy atom. The minimum absolute atomic E-state index is 0.0186. The second-order valence-electron chi connectivity index (χ2n) is 4.81. The first kappa shape index (κ1) is 16.0. The molecule has 20 heavy (non-hydrogen) atoms. The van der Waals surface area contributed by atoms with Crippen LogP contribution in [0.4, 0.5) is 10.1 Å². The lowest BCUT2D eigenvalue weighted by Crippen LogP contribution is -2.44. The van der Waals surface area contributed by atoms with Crippen LogP contribution in [0.2, 0.25) is 5.02 Å². The maximum Gasteiger partial charge on any atom is 0.301 e. The van der Waals surface area contributed by atoms with E-state index in [1.54, 1.807) is 0 Å². The number of hydrogen-bond acceptors (Lipinski definition) is 2. The molecule has 4 nitrogen and oxygen atoms in total. The van der Waals surface area contributed by atoms with Gasteiger partial charge in [-0.3, -0.25) is 4.72 Å². The van der Waals surface area contributed by atoms with E-state index in [0.29, 0.717) is 6.54 Å². The Hall–Kier alpha value is -0.370. The number of benzene rings is 1.